The Morgan fingerprint density at radius 1 is 1.18 bits per heavy atom. The predicted molar refractivity (Wildman–Crippen MR) is 128 cm³/mol. The number of ether oxygens (including phenoxy) is 2. The molecule has 0 saturated carbocycles. The number of aromatic hydroxyl groups is 1. The number of phenolic OH excluding ortho intramolecular Hbond substituents is 1. The monoisotopic (exact) mass is 468 g/mol. The minimum absolute atomic E-state index is 0.0501. The maximum absolute atomic E-state index is 13.1. The minimum atomic E-state index is -0.789. The Labute approximate surface area is 197 Å². The van der Waals surface area contributed by atoms with Gasteiger partial charge in [0, 0.05) is 5.56 Å². The first-order chi connectivity index (χ1) is 15.6. The number of nitrogens with one attached hydrogen (secondary N) is 2. The molecule has 0 spiro atoms. The van der Waals surface area contributed by atoms with Crippen LogP contribution in [0.2, 0.25) is 0 Å². The van der Waals surface area contributed by atoms with E-state index in [9.17, 15) is 14.7 Å². The predicted octanol–water partition coefficient (Wildman–Crippen LogP) is 4.22. The molecule has 0 aromatic heterocycles. The smallest absolute Gasteiger partial charge is 0.239 e. The molecule has 1 amide bonds. The molecule has 2 aromatic carbocycles. The van der Waals surface area contributed by atoms with Gasteiger partial charge < -0.3 is 19.9 Å². The van der Waals surface area contributed by atoms with Crippen molar-refractivity contribution in [1.82, 2.24) is 5.32 Å². The third-order valence-electron chi connectivity index (χ3n) is 6.58. The number of amidine groups is 1. The van der Waals surface area contributed by atoms with E-state index in [4.69, 9.17) is 14.9 Å². The average Bonchev–Trinajstić information content (AvgIpc) is 3.11. The average molecular weight is 469 g/mol. The Bertz CT molecular complexity index is 1140. The maximum atomic E-state index is 13.1. The highest BCUT2D eigenvalue weighted by Crippen LogP contribution is 2.44. The Morgan fingerprint density at radius 3 is 2.48 bits per heavy atom. The van der Waals surface area contributed by atoms with Gasteiger partial charge in [-0.15, -0.1) is 0 Å². The van der Waals surface area contributed by atoms with E-state index in [1.54, 1.807) is 6.92 Å². The highest BCUT2D eigenvalue weighted by molar-refractivity contribution is 8.15. The van der Waals surface area contributed by atoms with Crippen LogP contribution >= 0.6 is 11.8 Å². The van der Waals surface area contributed by atoms with Crippen LogP contribution in [0.3, 0.4) is 0 Å². The van der Waals surface area contributed by atoms with Gasteiger partial charge in [0.15, 0.2) is 11.0 Å². The van der Waals surface area contributed by atoms with E-state index < -0.39 is 5.60 Å². The standard InChI is InChI=1S/C25H28N2O5S/c1-5-25(11-18(28)20-15(4)21(29)13(2)14(3)22(20)32-25)12-31-17-8-6-16(7-9-17)10-19-23(30)27-24(26)33-19/h6-9,19,29H,5,10-12H2,1-4H3,(H2,26,27,30). The number of benzene rings is 2. The lowest BCUT2D eigenvalue weighted by Crippen LogP contribution is -2.47. The number of rotatable bonds is 6. The highest BCUT2D eigenvalue weighted by Gasteiger charge is 2.42. The summed E-state index contributed by atoms with van der Waals surface area (Å²) in [7, 11) is 0. The molecule has 2 unspecified atom stereocenters. The Morgan fingerprint density at radius 2 is 1.88 bits per heavy atom. The summed E-state index contributed by atoms with van der Waals surface area (Å²) in [5, 5.41) is 20.4. The van der Waals surface area contributed by atoms with Crippen LogP contribution in [-0.2, 0) is 11.2 Å². The highest BCUT2D eigenvalue weighted by atomic mass is 32.2. The van der Waals surface area contributed by atoms with Gasteiger partial charge in [0.2, 0.25) is 5.91 Å². The lowest BCUT2D eigenvalue weighted by molar-refractivity contribution is -0.118. The molecule has 1 fully saturated rings. The van der Waals surface area contributed by atoms with Crippen molar-refractivity contribution in [3.8, 4) is 17.2 Å². The van der Waals surface area contributed by atoms with Gasteiger partial charge in [0.25, 0.3) is 0 Å². The molecule has 0 bridgehead atoms. The van der Waals surface area contributed by atoms with Gasteiger partial charge in [-0.3, -0.25) is 15.0 Å². The number of hydrogen-bond acceptors (Lipinski definition) is 7. The second-order valence-corrected chi connectivity index (χ2v) is 9.94. The largest absolute Gasteiger partial charge is 0.507 e. The molecule has 2 atom stereocenters. The van der Waals surface area contributed by atoms with Gasteiger partial charge in [-0.1, -0.05) is 30.8 Å². The maximum Gasteiger partial charge on any atom is 0.239 e. The van der Waals surface area contributed by atoms with Gasteiger partial charge in [-0.25, -0.2) is 0 Å². The number of carbonyl (C=O) groups is 2. The number of fused-ring (bicyclic) bond motifs is 1. The number of carbonyl (C=O) groups excluding carboxylic acids is 2. The fourth-order valence-electron chi connectivity index (χ4n) is 4.28. The summed E-state index contributed by atoms with van der Waals surface area (Å²) in [6.45, 7) is 7.61. The quantitative estimate of drug-likeness (QED) is 0.586. The van der Waals surface area contributed by atoms with E-state index >= 15 is 0 Å². The molecule has 8 heteroatoms. The number of phenols is 1. The van der Waals surface area contributed by atoms with Crippen molar-refractivity contribution in [3.63, 3.8) is 0 Å². The molecule has 1 saturated heterocycles. The van der Waals surface area contributed by atoms with E-state index in [2.05, 4.69) is 5.32 Å². The molecule has 0 aliphatic carbocycles. The van der Waals surface area contributed by atoms with Gasteiger partial charge in [-0.05, 0) is 62.4 Å². The Balaban J connectivity index is 1.48. The summed E-state index contributed by atoms with van der Waals surface area (Å²) in [4.78, 5) is 24.9. The van der Waals surface area contributed by atoms with Crippen molar-refractivity contribution >= 4 is 28.6 Å². The van der Waals surface area contributed by atoms with E-state index in [1.165, 1.54) is 11.8 Å². The van der Waals surface area contributed by atoms with Crippen molar-refractivity contribution in [2.24, 2.45) is 0 Å². The molecule has 7 nitrogen and oxygen atoms in total. The van der Waals surface area contributed by atoms with Crippen molar-refractivity contribution in [2.75, 3.05) is 6.61 Å². The zero-order valence-electron chi connectivity index (χ0n) is 19.2. The van der Waals surface area contributed by atoms with Gasteiger partial charge in [0.1, 0.15) is 29.5 Å². The molecule has 33 heavy (non-hydrogen) atoms. The molecular weight excluding hydrogens is 440 g/mol. The summed E-state index contributed by atoms with van der Waals surface area (Å²) in [6, 6.07) is 7.51. The van der Waals surface area contributed by atoms with Crippen LogP contribution in [0.1, 0.15) is 52.4 Å². The van der Waals surface area contributed by atoms with E-state index in [-0.39, 0.29) is 40.9 Å². The first kappa shape index (κ1) is 23.2. The molecule has 2 aliphatic heterocycles. The molecule has 2 heterocycles. The van der Waals surface area contributed by atoms with Crippen LogP contribution in [0.4, 0.5) is 0 Å². The number of amides is 1. The lowest BCUT2D eigenvalue weighted by atomic mass is 9.84. The normalized spacial score (nSPS) is 22.1. The summed E-state index contributed by atoms with van der Waals surface area (Å²) >= 11 is 1.23. The Kier molecular flexibility index (Phi) is 6.14. The molecule has 2 aromatic rings. The van der Waals surface area contributed by atoms with E-state index in [0.29, 0.717) is 41.0 Å². The first-order valence-electron chi connectivity index (χ1n) is 11.0. The van der Waals surface area contributed by atoms with E-state index in [0.717, 1.165) is 11.1 Å². The molecule has 4 rings (SSSR count). The van der Waals surface area contributed by atoms with Crippen molar-refractivity contribution in [3.05, 3.63) is 52.1 Å². The number of thioether (sulfide) groups is 1. The zero-order valence-corrected chi connectivity index (χ0v) is 20.0. The summed E-state index contributed by atoms with van der Waals surface area (Å²) in [6.07, 6.45) is 1.31. The van der Waals surface area contributed by atoms with Crippen LogP contribution in [0.5, 0.6) is 17.2 Å². The fraction of sp³-hybridized carbons (Fsp3) is 0.400. The van der Waals surface area contributed by atoms with E-state index in [1.807, 2.05) is 45.0 Å². The molecular formula is C25H28N2O5S. The molecule has 2 aliphatic rings. The van der Waals surface area contributed by atoms with Gasteiger partial charge >= 0.3 is 0 Å². The number of Topliss-reactive ketones (excluding diaryl/α,β-unsaturated/α-hetero) is 1. The third-order valence-corrected chi connectivity index (χ3v) is 7.58. The molecule has 174 valence electrons. The van der Waals surface area contributed by atoms with Crippen LogP contribution in [0.15, 0.2) is 24.3 Å². The third kappa shape index (κ3) is 4.31. The van der Waals surface area contributed by atoms with Crippen molar-refractivity contribution in [2.45, 2.75) is 57.8 Å². The Hall–Kier alpha value is -3.00. The topological polar surface area (TPSA) is 109 Å². The van der Waals surface area contributed by atoms with Crippen LogP contribution in [-0.4, -0.2) is 39.4 Å². The second-order valence-electron chi connectivity index (χ2n) is 8.73. The SMILES string of the molecule is CCC1(COc2ccc(CC3SC(=N)NC3=O)cc2)CC(=O)c2c(C)c(O)c(C)c(C)c2O1. The zero-order chi connectivity index (χ0) is 23.9. The van der Waals surface area contributed by atoms with Crippen LogP contribution in [0, 0.1) is 26.2 Å². The van der Waals surface area contributed by atoms with Crippen LogP contribution in [0.25, 0.3) is 0 Å². The van der Waals surface area contributed by atoms with Crippen molar-refractivity contribution in [1.29, 1.82) is 5.41 Å². The number of ketones is 1. The lowest BCUT2D eigenvalue weighted by Gasteiger charge is -2.38. The van der Waals surface area contributed by atoms with Gasteiger partial charge in [-0.2, -0.15) is 0 Å². The molecule has 3 N–H and O–H groups in total. The minimum Gasteiger partial charge on any atom is -0.507 e. The van der Waals surface area contributed by atoms with Gasteiger partial charge in [0.05, 0.1) is 17.2 Å². The summed E-state index contributed by atoms with van der Waals surface area (Å²) in [5.74, 6) is 1.15. The number of hydrogen-bond donors (Lipinski definition) is 3. The second kappa shape index (κ2) is 8.74. The fourth-order valence-corrected chi connectivity index (χ4v) is 5.17. The molecule has 0 radical (unpaired) electrons. The van der Waals surface area contributed by atoms with Crippen molar-refractivity contribution < 1.29 is 24.2 Å². The van der Waals surface area contributed by atoms with Crippen LogP contribution < -0.4 is 14.8 Å². The summed E-state index contributed by atoms with van der Waals surface area (Å²) in [5.41, 5.74) is 2.70. The summed E-state index contributed by atoms with van der Waals surface area (Å²) < 4.78 is 12.5. The first-order valence-corrected chi connectivity index (χ1v) is 11.8.